The first-order valence-corrected chi connectivity index (χ1v) is 7.19. The Morgan fingerprint density at radius 3 is 2.93 bits per heavy atom. The Kier molecular flexibility index (Phi) is 6.32. The topological polar surface area (TPSA) is 12.0 Å². The van der Waals surface area contributed by atoms with Crippen molar-refractivity contribution in [3.05, 3.63) is 21.9 Å². The standard InChI is InChI=1S/C11H19NS2/c1-3-6-13-8-5-12-9-11-10(2)4-7-14-11/h4,7,12H,3,5-6,8-9H2,1-2H3. The number of rotatable bonds is 7. The Bertz CT molecular complexity index is 245. The highest BCUT2D eigenvalue weighted by Crippen LogP contribution is 2.14. The van der Waals surface area contributed by atoms with Gasteiger partial charge in [-0.3, -0.25) is 0 Å². The summed E-state index contributed by atoms with van der Waals surface area (Å²) >= 11 is 3.88. The molecule has 0 amide bonds. The summed E-state index contributed by atoms with van der Waals surface area (Å²) in [6.45, 7) is 6.58. The van der Waals surface area contributed by atoms with Gasteiger partial charge in [-0.2, -0.15) is 11.8 Å². The van der Waals surface area contributed by atoms with Crippen LogP contribution in [0.2, 0.25) is 0 Å². The highest BCUT2D eigenvalue weighted by molar-refractivity contribution is 7.99. The van der Waals surface area contributed by atoms with Gasteiger partial charge < -0.3 is 5.32 Å². The predicted octanol–water partition coefficient (Wildman–Crippen LogP) is 3.29. The highest BCUT2D eigenvalue weighted by atomic mass is 32.2. The molecule has 1 heterocycles. The number of thiophene rings is 1. The molecule has 0 spiro atoms. The molecule has 0 aliphatic carbocycles. The van der Waals surface area contributed by atoms with Crippen LogP contribution in [0.1, 0.15) is 23.8 Å². The van der Waals surface area contributed by atoms with Crippen molar-refractivity contribution in [2.24, 2.45) is 0 Å². The fourth-order valence-electron chi connectivity index (χ4n) is 1.18. The molecule has 0 aliphatic rings. The van der Waals surface area contributed by atoms with Gasteiger partial charge in [-0.1, -0.05) is 6.92 Å². The van der Waals surface area contributed by atoms with E-state index >= 15 is 0 Å². The molecule has 0 bridgehead atoms. The maximum Gasteiger partial charge on any atom is 0.0302 e. The first-order chi connectivity index (χ1) is 6.84. The Hall–Kier alpha value is 0.0100. The molecule has 1 nitrogen and oxygen atoms in total. The zero-order valence-corrected chi connectivity index (χ0v) is 10.6. The number of nitrogens with one attached hydrogen (secondary N) is 1. The predicted molar refractivity (Wildman–Crippen MR) is 68.4 cm³/mol. The van der Waals surface area contributed by atoms with Crippen molar-refractivity contribution in [3.8, 4) is 0 Å². The summed E-state index contributed by atoms with van der Waals surface area (Å²) in [6.07, 6.45) is 1.29. The molecule has 0 fully saturated rings. The highest BCUT2D eigenvalue weighted by Gasteiger charge is 1.97. The van der Waals surface area contributed by atoms with Crippen molar-refractivity contribution in [1.82, 2.24) is 5.32 Å². The van der Waals surface area contributed by atoms with Crippen LogP contribution in [-0.2, 0) is 6.54 Å². The van der Waals surface area contributed by atoms with Crippen LogP contribution >= 0.6 is 23.1 Å². The van der Waals surface area contributed by atoms with E-state index in [1.165, 1.54) is 28.4 Å². The molecule has 1 aromatic heterocycles. The first-order valence-electron chi connectivity index (χ1n) is 5.16. The smallest absolute Gasteiger partial charge is 0.0302 e. The van der Waals surface area contributed by atoms with Crippen molar-refractivity contribution in [2.75, 3.05) is 18.1 Å². The zero-order valence-electron chi connectivity index (χ0n) is 9.01. The molecule has 0 radical (unpaired) electrons. The Morgan fingerprint density at radius 2 is 2.29 bits per heavy atom. The normalized spacial score (nSPS) is 10.7. The van der Waals surface area contributed by atoms with Crippen molar-refractivity contribution in [3.63, 3.8) is 0 Å². The largest absolute Gasteiger partial charge is 0.311 e. The molecule has 1 rings (SSSR count). The van der Waals surface area contributed by atoms with E-state index in [0.29, 0.717) is 0 Å². The molecule has 1 aromatic rings. The number of hydrogen-bond acceptors (Lipinski definition) is 3. The van der Waals surface area contributed by atoms with Gasteiger partial charge in [0, 0.05) is 23.7 Å². The summed E-state index contributed by atoms with van der Waals surface area (Å²) < 4.78 is 0. The maximum absolute atomic E-state index is 3.48. The number of hydrogen-bond donors (Lipinski definition) is 1. The lowest BCUT2D eigenvalue weighted by Crippen LogP contribution is -2.16. The van der Waals surface area contributed by atoms with E-state index < -0.39 is 0 Å². The van der Waals surface area contributed by atoms with Crippen LogP contribution in [0.5, 0.6) is 0 Å². The Morgan fingerprint density at radius 1 is 1.43 bits per heavy atom. The minimum atomic E-state index is 1.04. The average Bonchev–Trinajstić information content (AvgIpc) is 2.58. The molecular weight excluding hydrogens is 210 g/mol. The first kappa shape index (κ1) is 12.1. The van der Waals surface area contributed by atoms with Crippen molar-refractivity contribution >= 4 is 23.1 Å². The van der Waals surface area contributed by atoms with Gasteiger partial charge in [0.2, 0.25) is 0 Å². The second-order valence-electron chi connectivity index (χ2n) is 3.32. The lowest BCUT2D eigenvalue weighted by molar-refractivity contribution is 0.738. The fraction of sp³-hybridized carbons (Fsp3) is 0.636. The van der Waals surface area contributed by atoms with Gasteiger partial charge in [0.25, 0.3) is 0 Å². The van der Waals surface area contributed by atoms with Gasteiger partial charge in [-0.15, -0.1) is 11.3 Å². The van der Waals surface area contributed by atoms with E-state index in [1.807, 2.05) is 23.1 Å². The second kappa shape index (κ2) is 7.32. The summed E-state index contributed by atoms with van der Waals surface area (Å²) in [5.74, 6) is 2.53. The van der Waals surface area contributed by atoms with Gasteiger partial charge in [-0.25, -0.2) is 0 Å². The molecule has 14 heavy (non-hydrogen) atoms. The third-order valence-corrected chi connectivity index (χ3v) is 4.24. The van der Waals surface area contributed by atoms with Crippen LogP contribution in [-0.4, -0.2) is 18.1 Å². The van der Waals surface area contributed by atoms with Crippen LogP contribution in [0.4, 0.5) is 0 Å². The van der Waals surface area contributed by atoms with Crippen LogP contribution < -0.4 is 5.32 Å². The molecule has 0 saturated carbocycles. The van der Waals surface area contributed by atoms with E-state index in [-0.39, 0.29) is 0 Å². The van der Waals surface area contributed by atoms with E-state index in [1.54, 1.807) is 0 Å². The fourth-order valence-corrected chi connectivity index (χ4v) is 2.84. The third-order valence-electron chi connectivity index (χ3n) is 2.03. The molecule has 1 N–H and O–H groups in total. The minimum absolute atomic E-state index is 1.04. The van der Waals surface area contributed by atoms with Gasteiger partial charge in [0.1, 0.15) is 0 Å². The number of thioether (sulfide) groups is 1. The van der Waals surface area contributed by atoms with Crippen molar-refractivity contribution in [1.29, 1.82) is 0 Å². The Labute approximate surface area is 95.3 Å². The molecule has 80 valence electrons. The summed E-state index contributed by atoms with van der Waals surface area (Å²) in [5, 5.41) is 5.64. The van der Waals surface area contributed by atoms with Gasteiger partial charge in [-0.05, 0) is 36.1 Å². The molecule has 0 aromatic carbocycles. The lowest BCUT2D eigenvalue weighted by Gasteiger charge is -2.03. The second-order valence-corrected chi connectivity index (χ2v) is 5.54. The van der Waals surface area contributed by atoms with Gasteiger partial charge in [0.05, 0.1) is 0 Å². The molecule has 0 unspecified atom stereocenters. The van der Waals surface area contributed by atoms with Gasteiger partial charge in [0.15, 0.2) is 0 Å². The average molecular weight is 229 g/mol. The molecular formula is C11H19NS2. The van der Waals surface area contributed by atoms with E-state index in [0.717, 1.165) is 13.1 Å². The van der Waals surface area contributed by atoms with Crippen molar-refractivity contribution < 1.29 is 0 Å². The van der Waals surface area contributed by atoms with Crippen LogP contribution in [0, 0.1) is 6.92 Å². The van der Waals surface area contributed by atoms with Crippen LogP contribution in [0.3, 0.4) is 0 Å². The maximum atomic E-state index is 3.48. The minimum Gasteiger partial charge on any atom is -0.311 e. The Balaban J connectivity index is 2.02. The summed E-state index contributed by atoms with van der Waals surface area (Å²) in [5.41, 5.74) is 1.42. The van der Waals surface area contributed by atoms with E-state index in [9.17, 15) is 0 Å². The van der Waals surface area contributed by atoms with Crippen molar-refractivity contribution in [2.45, 2.75) is 26.8 Å². The summed E-state index contributed by atoms with van der Waals surface area (Å²) in [7, 11) is 0. The molecule has 3 heteroatoms. The van der Waals surface area contributed by atoms with Crippen LogP contribution in [0.15, 0.2) is 11.4 Å². The summed E-state index contributed by atoms with van der Waals surface area (Å²) in [6, 6.07) is 2.19. The monoisotopic (exact) mass is 229 g/mol. The lowest BCUT2D eigenvalue weighted by atomic mass is 10.3. The SMILES string of the molecule is CCCSCCNCc1sccc1C. The van der Waals surface area contributed by atoms with Gasteiger partial charge >= 0.3 is 0 Å². The summed E-state index contributed by atoms with van der Waals surface area (Å²) in [4.78, 5) is 1.48. The third kappa shape index (κ3) is 4.49. The van der Waals surface area contributed by atoms with E-state index in [2.05, 4.69) is 30.6 Å². The zero-order chi connectivity index (χ0) is 10.2. The molecule has 0 saturated heterocycles. The quantitative estimate of drug-likeness (QED) is 0.720. The number of aryl methyl sites for hydroxylation is 1. The van der Waals surface area contributed by atoms with E-state index in [4.69, 9.17) is 0 Å². The molecule has 0 aliphatic heterocycles. The van der Waals surface area contributed by atoms with Crippen LogP contribution in [0.25, 0.3) is 0 Å². The molecule has 0 atom stereocenters.